The van der Waals surface area contributed by atoms with Crippen LogP contribution in [0.15, 0.2) is 41.7 Å². The SMILES string of the molecule is CC[C@@H](CNC(=O)[C@H](C)Sc1ncnc2sc(C)c(C)c12)c1ccccc1. The number of amides is 1. The topological polar surface area (TPSA) is 54.9 Å². The Morgan fingerprint density at radius 1 is 1.22 bits per heavy atom. The molecule has 0 saturated heterocycles. The number of benzene rings is 1. The number of rotatable bonds is 7. The summed E-state index contributed by atoms with van der Waals surface area (Å²) in [5.41, 5.74) is 2.48. The van der Waals surface area contributed by atoms with Crippen molar-refractivity contribution < 1.29 is 4.79 Å². The maximum Gasteiger partial charge on any atom is 0.233 e. The van der Waals surface area contributed by atoms with Crippen LogP contribution in [-0.2, 0) is 4.79 Å². The number of nitrogens with zero attached hydrogens (tertiary/aromatic N) is 2. The fraction of sp³-hybridized carbons (Fsp3) is 0.381. The molecule has 1 aromatic carbocycles. The third-order valence-electron chi connectivity index (χ3n) is 4.87. The second kappa shape index (κ2) is 8.85. The van der Waals surface area contributed by atoms with Crippen LogP contribution < -0.4 is 5.32 Å². The number of thioether (sulfide) groups is 1. The smallest absolute Gasteiger partial charge is 0.233 e. The van der Waals surface area contributed by atoms with Crippen molar-refractivity contribution in [2.45, 2.75) is 50.3 Å². The van der Waals surface area contributed by atoms with E-state index in [0.717, 1.165) is 21.7 Å². The van der Waals surface area contributed by atoms with Crippen molar-refractivity contribution in [3.05, 3.63) is 52.7 Å². The van der Waals surface area contributed by atoms with Crippen molar-refractivity contribution in [3.8, 4) is 0 Å². The van der Waals surface area contributed by atoms with Gasteiger partial charge in [0.2, 0.25) is 5.91 Å². The minimum atomic E-state index is -0.212. The van der Waals surface area contributed by atoms with Crippen molar-refractivity contribution in [2.75, 3.05) is 6.54 Å². The number of carbonyl (C=O) groups excluding carboxylic acids is 1. The number of carbonyl (C=O) groups is 1. The molecule has 6 heteroatoms. The molecule has 0 unspecified atom stereocenters. The van der Waals surface area contributed by atoms with Crippen molar-refractivity contribution >= 4 is 39.2 Å². The van der Waals surface area contributed by atoms with Gasteiger partial charge in [-0.1, -0.05) is 49.0 Å². The molecule has 3 aromatic rings. The molecular formula is C21H25N3OS2. The number of hydrogen-bond donors (Lipinski definition) is 1. The van der Waals surface area contributed by atoms with E-state index in [1.165, 1.54) is 27.8 Å². The van der Waals surface area contributed by atoms with Crippen LogP contribution in [0.25, 0.3) is 10.2 Å². The Morgan fingerprint density at radius 2 is 1.96 bits per heavy atom. The van der Waals surface area contributed by atoms with Crippen LogP contribution in [0.3, 0.4) is 0 Å². The van der Waals surface area contributed by atoms with Crippen LogP contribution in [0, 0.1) is 13.8 Å². The Labute approximate surface area is 168 Å². The summed E-state index contributed by atoms with van der Waals surface area (Å²) >= 11 is 3.19. The Hall–Kier alpha value is -1.92. The van der Waals surface area contributed by atoms with Gasteiger partial charge in [0.25, 0.3) is 0 Å². The van der Waals surface area contributed by atoms with Gasteiger partial charge in [-0.3, -0.25) is 4.79 Å². The lowest BCUT2D eigenvalue weighted by Gasteiger charge is -2.18. The van der Waals surface area contributed by atoms with Gasteiger partial charge in [-0.05, 0) is 38.3 Å². The number of hydrogen-bond acceptors (Lipinski definition) is 5. The van der Waals surface area contributed by atoms with Gasteiger partial charge in [-0.15, -0.1) is 11.3 Å². The van der Waals surface area contributed by atoms with Gasteiger partial charge in [-0.25, -0.2) is 9.97 Å². The van der Waals surface area contributed by atoms with E-state index in [1.54, 1.807) is 17.7 Å². The molecule has 1 N–H and O–H groups in total. The highest BCUT2D eigenvalue weighted by Gasteiger charge is 2.20. The summed E-state index contributed by atoms with van der Waals surface area (Å²) in [5.74, 6) is 0.380. The van der Waals surface area contributed by atoms with Crippen molar-refractivity contribution in [1.82, 2.24) is 15.3 Å². The second-order valence-corrected chi connectivity index (χ2v) is 9.20. The first kappa shape index (κ1) is 19.8. The third kappa shape index (κ3) is 4.50. The quantitative estimate of drug-likeness (QED) is 0.444. The van der Waals surface area contributed by atoms with Gasteiger partial charge in [0.1, 0.15) is 16.2 Å². The van der Waals surface area contributed by atoms with E-state index >= 15 is 0 Å². The highest BCUT2D eigenvalue weighted by Crippen LogP contribution is 2.35. The molecule has 27 heavy (non-hydrogen) atoms. The predicted molar refractivity (Wildman–Crippen MR) is 115 cm³/mol. The summed E-state index contributed by atoms with van der Waals surface area (Å²) in [4.78, 5) is 23.7. The van der Waals surface area contributed by atoms with Crippen LogP contribution in [-0.4, -0.2) is 27.7 Å². The molecule has 1 amide bonds. The van der Waals surface area contributed by atoms with Gasteiger partial charge in [0, 0.05) is 22.7 Å². The molecule has 0 spiro atoms. The molecule has 2 atom stereocenters. The lowest BCUT2D eigenvalue weighted by atomic mass is 9.96. The van der Waals surface area contributed by atoms with Crippen molar-refractivity contribution in [2.24, 2.45) is 0 Å². The second-order valence-electron chi connectivity index (χ2n) is 6.66. The summed E-state index contributed by atoms with van der Waals surface area (Å²) in [6.07, 6.45) is 2.58. The molecule has 2 aromatic heterocycles. The Morgan fingerprint density at radius 3 is 2.67 bits per heavy atom. The normalized spacial score (nSPS) is 13.5. The fourth-order valence-electron chi connectivity index (χ4n) is 3.05. The molecule has 142 valence electrons. The zero-order chi connectivity index (χ0) is 19.4. The monoisotopic (exact) mass is 399 g/mol. The van der Waals surface area contributed by atoms with Crippen LogP contribution in [0.5, 0.6) is 0 Å². The van der Waals surface area contributed by atoms with E-state index < -0.39 is 0 Å². The predicted octanol–water partition coefficient (Wildman–Crippen LogP) is 5.10. The van der Waals surface area contributed by atoms with E-state index in [9.17, 15) is 4.79 Å². The van der Waals surface area contributed by atoms with Gasteiger partial charge >= 0.3 is 0 Å². The largest absolute Gasteiger partial charge is 0.355 e. The highest BCUT2D eigenvalue weighted by molar-refractivity contribution is 8.00. The summed E-state index contributed by atoms with van der Waals surface area (Å²) in [6, 6.07) is 10.4. The van der Waals surface area contributed by atoms with Crippen molar-refractivity contribution in [3.63, 3.8) is 0 Å². The molecule has 0 bridgehead atoms. The first-order valence-electron chi connectivity index (χ1n) is 9.21. The van der Waals surface area contributed by atoms with E-state index in [0.29, 0.717) is 12.5 Å². The van der Waals surface area contributed by atoms with Crippen LogP contribution in [0.1, 0.15) is 42.2 Å². The average molecular weight is 400 g/mol. The first-order valence-corrected chi connectivity index (χ1v) is 10.9. The number of aryl methyl sites for hydroxylation is 2. The lowest BCUT2D eigenvalue weighted by molar-refractivity contribution is -0.120. The maximum absolute atomic E-state index is 12.7. The molecule has 0 aliphatic heterocycles. The van der Waals surface area contributed by atoms with E-state index in [2.05, 4.69) is 48.2 Å². The van der Waals surface area contributed by atoms with Gasteiger partial charge in [-0.2, -0.15) is 0 Å². The molecule has 2 heterocycles. The van der Waals surface area contributed by atoms with E-state index in [4.69, 9.17) is 0 Å². The zero-order valence-corrected chi connectivity index (χ0v) is 17.8. The number of aromatic nitrogens is 2. The molecule has 4 nitrogen and oxygen atoms in total. The van der Waals surface area contributed by atoms with Crippen molar-refractivity contribution in [1.29, 1.82) is 0 Å². The Kier molecular flexibility index (Phi) is 6.50. The standard InChI is InChI=1S/C21H25N3OS2/c1-5-16(17-9-7-6-8-10-17)11-22-19(25)15(4)27-21-18-13(2)14(3)26-20(18)23-12-24-21/h6-10,12,15-16H,5,11H2,1-4H3,(H,22,25)/t15-,16-/m0/s1. The first-order chi connectivity index (χ1) is 13.0. The summed E-state index contributed by atoms with van der Waals surface area (Å²) in [7, 11) is 0. The minimum Gasteiger partial charge on any atom is -0.355 e. The minimum absolute atomic E-state index is 0.0470. The highest BCUT2D eigenvalue weighted by atomic mass is 32.2. The number of nitrogens with one attached hydrogen (secondary N) is 1. The zero-order valence-electron chi connectivity index (χ0n) is 16.2. The molecule has 3 rings (SSSR count). The molecule has 0 radical (unpaired) electrons. The van der Waals surface area contributed by atoms with Crippen LogP contribution >= 0.6 is 23.1 Å². The van der Waals surface area contributed by atoms with E-state index in [1.807, 2.05) is 25.1 Å². The summed E-state index contributed by atoms with van der Waals surface area (Å²) < 4.78 is 0. The molecule has 0 fully saturated rings. The van der Waals surface area contributed by atoms with Gasteiger partial charge in [0.15, 0.2) is 0 Å². The summed E-state index contributed by atoms with van der Waals surface area (Å²) in [5, 5.41) is 4.88. The third-order valence-corrected chi connectivity index (χ3v) is 7.09. The van der Waals surface area contributed by atoms with Gasteiger partial charge in [0.05, 0.1) is 5.25 Å². The Balaban J connectivity index is 1.66. The molecule has 0 aliphatic rings. The maximum atomic E-state index is 12.7. The van der Waals surface area contributed by atoms with E-state index in [-0.39, 0.29) is 11.2 Å². The number of fused-ring (bicyclic) bond motifs is 1. The molecule has 0 aliphatic carbocycles. The molecule has 0 saturated carbocycles. The van der Waals surface area contributed by atoms with Crippen LogP contribution in [0.4, 0.5) is 0 Å². The van der Waals surface area contributed by atoms with Crippen LogP contribution in [0.2, 0.25) is 0 Å². The number of thiophene rings is 1. The average Bonchev–Trinajstić information content (AvgIpc) is 2.97. The Bertz CT molecular complexity index is 924. The fourth-order valence-corrected chi connectivity index (χ4v) is 5.11. The summed E-state index contributed by atoms with van der Waals surface area (Å²) in [6.45, 7) is 8.94. The molecular weight excluding hydrogens is 374 g/mol. The van der Waals surface area contributed by atoms with Gasteiger partial charge < -0.3 is 5.32 Å². The lowest BCUT2D eigenvalue weighted by Crippen LogP contribution is -2.34.